The molecule has 4 nitrogen and oxygen atoms in total. The lowest BCUT2D eigenvalue weighted by atomic mass is 10.2. The summed E-state index contributed by atoms with van der Waals surface area (Å²) in [6.45, 7) is 3.59. The first kappa shape index (κ1) is 10.3. The maximum Gasteiger partial charge on any atom is 0.178 e. The minimum atomic E-state index is 0.130. The van der Waals surface area contributed by atoms with Crippen LogP contribution in [0, 0.1) is 0 Å². The van der Waals surface area contributed by atoms with E-state index in [0.717, 1.165) is 26.3 Å². The number of ether oxygens (including phenoxy) is 1. The van der Waals surface area contributed by atoms with Crippen molar-refractivity contribution in [1.82, 2.24) is 9.88 Å². The summed E-state index contributed by atoms with van der Waals surface area (Å²) in [7, 11) is 0. The van der Waals surface area contributed by atoms with Gasteiger partial charge in [0.1, 0.15) is 0 Å². The van der Waals surface area contributed by atoms with Crippen molar-refractivity contribution in [2.75, 3.05) is 32.8 Å². The van der Waals surface area contributed by atoms with Gasteiger partial charge in [-0.05, 0) is 12.1 Å². The van der Waals surface area contributed by atoms with Crippen molar-refractivity contribution >= 4 is 5.78 Å². The zero-order valence-corrected chi connectivity index (χ0v) is 8.56. The Morgan fingerprint density at radius 2 is 2.27 bits per heavy atom. The van der Waals surface area contributed by atoms with Crippen molar-refractivity contribution in [2.45, 2.75) is 0 Å². The number of hydrogen-bond donors (Lipinski definition) is 0. The van der Waals surface area contributed by atoms with Crippen LogP contribution in [0.4, 0.5) is 0 Å². The Labute approximate surface area is 88.9 Å². The molecule has 0 N–H and O–H groups in total. The normalized spacial score (nSPS) is 17.6. The molecular weight excluding hydrogens is 192 g/mol. The van der Waals surface area contributed by atoms with Gasteiger partial charge in [0, 0.05) is 31.0 Å². The number of carbonyl (C=O) groups excluding carboxylic acids is 1. The zero-order chi connectivity index (χ0) is 10.5. The average Bonchev–Trinajstić information content (AvgIpc) is 2.31. The molecule has 0 unspecified atom stereocenters. The molecule has 4 heteroatoms. The monoisotopic (exact) mass is 206 g/mol. The van der Waals surface area contributed by atoms with E-state index in [1.54, 1.807) is 24.5 Å². The molecule has 1 aliphatic rings. The number of ketones is 1. The third-order valence-electron chi connectivity index (χ3n) is 2.45. The molecule has 0 atom stereocenters. The summed E-state index contributed by atoms with van der Waals surface area (Å²) in [6, 6.07) is 3.59. The van der Waals surface area contributed by atoms with Crippen molar-refractivity contribution in [2.24, 2.45) is 0 Å². The van der Waals surface area contributed by atoms with E-state index < -0.39 is 0 Å². The first-order valence-electron chi connectivity index (χ1n) is 5.09. The lowest BCUT2D eigenvalue weighted by Crippen LogP contribution is -2.39. The Balaban J connectivity index is 1.91. The fraction of sp³-hybridized carbons (Fsp3) is 0.455. The van der Waals surface area contributed by atoms with E-state index in [1.165, 1.54) is 0 Å². The highest BCUT2D eigenvalue weighted by Crippen LogP contribution is 2.02. The third kappa shape index (κ3) is 2.84. The molecule has 0 radical (unpaired) electrons. The summed E-state index contributed by atoms with van der Waals surface area (Å²) >= 11 is 0. The van der Waals surface area contributed by atoms with E-state index in [4.69, 9.17) is 4.74 Å². The van der Waals surface area contributed by atoms with Gasteiger partial charge < -0.3 is 4.74 Å². The number of rotatable bonds is 3. The van der Waals surface area contributed by atoms with E-state index in [0.29, 0.717) is 12.1 Å². The number of pyridine rings is 1. The van der Waals surface area contributed by atoms with Crippen LogP contribution in [-0.4, -0.2) is 48.5 Å². The minimum absolute atomic E-state index is 0.130. The largest absolute Gasteiger partial charge is 0.379 e. The standard InChI is InChI=1S/C11H14N2O2/c14-11(10-2-1-3-12-8-10)9-13-4-6-15-7-5-13/h1-3,8H,4-7,9H2. The van der Waals surface area contributed by atoms with E-state index in [2.05, 4.69) is 9.88 Å². The van der Waals surface area contributed by atoms with Crippen LogP contribution in [0.5, 0.6) is 0 Å². The Morgan fingerprint density at radius 3 is 2.93 bits per heavy atom. The molecule has 0 aliphatic carbocycles. The summed E-state index contributed by atoms with van der Waals surface area (Å²) in [4.78, 5) is 17.8. The van der Waals surface area contributed by atoms with Gasteiger partial charge in [0.15, 0.2) is 5.78 Å². The van der Waals surface area contributed by atoms with Gasteiger partial charge in [-0.3, -0.25) is 14.7 Å². The Hall–Kier alpha value is -1.26. The van der Waals surface area contributed by atoms with E-state index in [1.807, 2.05) is 0 Å². The van der Waals surface area contributed by atoms with E-state index in [9.17, 15) is 4.79 Å². The summed E-state index contributed by atoms with van der Waals surface area (Å²) in [5, 5.41) is 0. The zero-order valence-electron chi connectivity index (χ0n) is 8.56. The molecule has 2 heterocycles. The molecule has 1 saturated heterocycles. The second-order valence-corrected chi connectivity index (χ2v) is 3.55. The molecule has 15 heavy (non-hydrogen) atoms. The highest BCUT2D eigenvalue weighted by Gasteiger charge is 2.14. The fourth-order valence-electron chi connectivity index (χ4n) is 1.58. The first-order chi connectivity index (χ1) is 7.36. The molecule has 0 aromatic carbocycles. The number of carbonyl (C=O) groups is 1. The average molecular weight is 206 g/mol. The van der Waals surface area contributed by atoms with Crippen molar-refractivity contribution in [1.29, 1.82) is 0 Å². The van der Waals surface area contributed by atoms with Crippen LogP contribution in [-0.2, 0) is 4.74 Å². The summed E-state index contributed by atoms with van der Waals surface area (Å²) in [5.41, 5.74) is 0.684. The summed E-state index contributed by atoms with van der Waals surface area (Å²) in [6.07, 6.45) is 3.29. The van der Waals surface area contributed by atoms with Gasteiger partial charge in [-0.15, -0.1) is 0 Å². The molecule has 1 aromatic rings. The maximum absolute atomic E-state index is 11.8. The van der Waals surface area contributed by atoms with Crippen LogP contribution in [0.25, 0.3) is 0 Å². The second kappa shape index (κ2) is 5.00. The molecule has 0 saturated carbocycles. The lowest BCUT2D eigenvalue weighted by molar-refractivity contribution is 0.0371. The van der Waals surface area contributed by atoms with Gasteiger partial charge in [0.25, 0.3) is 0 Å². The van der Waals surface area contributed by atoms with Crippen LogP contribution in [0.3, 0.4) is 0 Å². The molecular formula is C11H14N2O2. The van der Waals surface area contributed by atoms with Crippen LogP contribution in [0.2, 0.25) is 0 Å². The van der Waals surface area contributed by atoms with Crippen molar-refractivity contribution < 1.29 is 9.53 Å². The fourth-order valence-corrected chi connectivity index (χ4v) is 1.58. The van der Waals surface area contributed by atoms with Gasteiger partial charge in [-0.25, -0.2) is 0 Å². The highest BCUT2D eigenvalue weighted by atomic mass is 16.5. The Bertz CT molecular complexity index is 321. The Kier molecular flexibility index (Phi) is 3.42. The predicted octanol–water partition coefficient (Wildman–Crippen LogP) is 0.596. The molecule has 0 bridgehead atoms. The smallest absolute Gasteiger partial charge is 0.178 e. The molecule has 1 aromatic heterocycles. The second-order valence-electron chi connectivity index (χ2n) is 3.55. The molecule has 0 amide bonds. The molecule has 1 aliphatic heterocycles. The number of hydrogen-bond acceptors (Lipinski definition) is 4. The van der Waals surface area contributed by atoms with Crippen molar-refractivity contribution in [3.05, 3.63) is 30.1 Å². The van der Waals surface area contributed by atoms with E-state index >= 15 is 0 Å². The number of nitrogens with zero attached hydrogens (tertiary/aromatic N) is 2. The van der Waals surface area contributed by atoms with Crippen LogP contribution < -0.4 is 0 Å². The minimum Gasteiger partial charge on any atom is -0.379 e. The topological polar surface area (TPSA) is 42.4 Å². The SMILES string of the molecule is O=C(CN1CCOCC1)c1cccnc1. The van der Waals surface area contributed by atoms with Crippen LogP contribution >= 0.6 is 0 Å². The molecule has 80 valence electrons. The quantitative estimate of drug-likeness (QED) is 0.679. The summed E-state index contributed by atoms with van der Waals surface area (Å²) in [5.74, 6) is 0.130. The maximum atomic E-state index is 11.8. The van der Waals surface area contributed by atoms with Gasteiger partial charge in [-0.1, -0.05) is 0 Å². The first-order valence-corrected chi connectivity index (χ1v) is 5.09. The Morgan fingerprint density at radius 1 is 1.47 bits per heavy atom. The van der Waals surface area contributed by atoms with Crippen molar-refractivity contribution in [3.8, 4) is 0 Å². The summed E-state index contributed by atoms with van der Waals surface area (Å²) < 4.78 is 5.22. The number of morpholine rings is 1. The third-order valence-corrected chi connectivity index (χ3v) is 2.45. The van der Waals surface area contributed by atoms with Crippen LogP contribution in [0.1, 0.15) is 10.4 Å². The number of Topliss-reactive ketones (excluding diaryl/α,β-unsaturated/α-hetero) is 1. The lowest BCUT2D eigenvalue weighted by Gasteiger charge is -2.25. The van der Waals surface area contributed by atoms with E-state index in [-0.39, 0.29) is 5.78 Å². The van der Waals surface area contributed by atoms with Gasteiger partial charge in [-0.2, -0.15) is 0 Å². The highest BCUT2D eigenvalue weighted by molar-refractivity contribution is 5.97. The number of aromatic nitrogens is 1. The molecule has 2 rings (SSSR count). The van der Waals surface area contributed by atoms with Gasteiger partial charge in [0.2, 0.25) is 0 Å². The molecule has 1 fully saturated rings. The van der Waals surface area contributed by atoms with Gasteiger partial charge in [0.05, 0.1) is 19.8 Å². The van der Waals surface area contributed by atoms with Gasteiger partial charge >= 0.3 is 0 Å². The molecule has 0 spiro atoms. The predicted molar refractivity (Wildman–Crippen MR) is 55.8 cm³/mol. The van der Waals surface area contributed by atoms with Crippen LogP contribution in [0.15, 0.2) is 24.5 Å². The van der Waals surface area contributed by atoms with Crippen molar-refractivity contribution in [3.63, 3.8) is 0 Å².